The Morgan fingerprint density at radius 3 is 2.71 bits per heavy atom. The van der Waals surface area contributed by atoms with Gasteiger partial charge in [0.15, 0.2) is 10.8 Å². The van der Waals surface area contributed by atoms with Crippen LogP contribution in [-0.4, -0.2) is 72.8 Å². The number of rotatable bonds is 9. The minimum Gasteiger partial charge on any atom is -0.478 e. The van der Waals surface area contributed by atoms with Crippen molar-refractivity contribution in [1.29, 1.82) is 0 Å². The third kappa shape index (κ3) is 5.03. The predicted octanol–water partition coefficient (Wildman–Crippen LogP) is 1.28. The number of carboxylic acids is 2. The molecule has 1 aromatic rings. The molecule has 3 rings (SSSR count). The molecule has 0 aromatic carbocycles. The number of anilines is 1. The quantitative estimate of drug-likeness (QED) is 0.206. The molecule has 1 fully saturated rings. The molecule has 0 bridgehead atoms. The fourth-order valence-electron chi connectivity index (χ4n) is 3.07. The molecule has 0 spiro atoms. The first-order valence-electron chi connectivity index (χ1n) is 9.84. The summed E-state index contributed by atoms with van der Waals surface area (Å²) in [4.78, 5) is 58.6. The minimum absolute atomic E-state index is 0.00929. The summed E-state index contributed by atoms with van der Waals surface area (Å²) >= 11 is 8.24. The van der Waals surface area contributed by atoms with Crippen LogP contribution in [0, 0.1) is 0 Å². The van der Waals surface area contributed by atoms with E-state index >= 15 is 0 Å². The number of amides is 2. The molecular weight excluding hydrogens is 510 g/mol. The van der Waals surface area contributed by atoms with Crippen molar-refractivity contribution >= 4 is 69.3 Å². The Kier molecular flexibility index (Phi) is 7.84. The van der Waals surface area contributed by atoms with Crippen molar-refractivity contribution in [1.82, 2.24) is 15.2 Å². The van der Waals surface area contributed by atoms with Crippen molar-refractivity contribution in [2.75, 3.05) is 11.5 Å². The molecule has 1 unspecified atom stereocenters. The van der Waals surface area contributed by atoms with Crippen LogP contribution in [0.4, 0.5) is 5.13 Å². The highest BCUT2D eigenvalue weighted by molar-refractivity contribution is 8.00. The molecule has 12 nitrogen and oxygen atoms in total. The molecule has 5 N–H and O–H groups in total. The second kappa shape index (κ2) is 10.4. The normalized spacial score (nSPS) is 21.2. The number of aliphatic carboxylic acids is 2. The summed E-state index contributed by atoms with van der Waals surface area (Å²) in [5, 5.41) is 24.1. The average molecular weight is 530 g/mol. The van der Waals surface area contributed by atoms with Gasteiger partial charge in [0.05, 0.1) is 0 Å². The third-order valence-electron chi connectivity index (χ3n) is 4.73. The summed E-state index contributed by atoms with van der Waals surface area (Å²) in [6, 6.07) is -1.06. The number of nitrogens with two attached hydrogens (primary N) is 1. The number of thioether (sulfide) groups is 1. The van der Waals surface area contributed by atoms with Crippen molar-refractivity contribution in [3.8, 4) is 0 Å². The highest BCUT2D eigenvalue weighted by Crippen LogP contribution is 2.40. The zero-order valence-corrected chi connectivity index (χ0v) is 20.2. The van der Waals surface area contributed by atoms with Crippen molar-refractivity contribution in [2.45, 2.75) is 37.8 Å². The van der Waals surface area contributed by atoms with E-state index in [9.17, 15) is 24.3 Å². The number of nitrogens with one attached hydrogen (secondary N) is 1. The van der Waals surface area contributed by atoms with E-state index in [4.69, 9.17) is 27.3 Å². The van der Waals surface area contributed by atoms with Crippen LogP contribution in [0.25, 0.3) is 0 Å². The van der Waals surface area contributed by atoms with Crippen LogP contribution in [0.3, 0.4) is 0 Å². The van der Waals surface area contributed by atoms with Crippen LogP contribution in [0.15, 0.2) is 28.6 Å². The first-order valence-corrected chi connectivity index (χ1v) is 12.1. The Bertz CT molecular complexity index is 1130. The van der Waals surface area contributed by atoms with Gasteiger partial charge in [0.1, 0.15) is 27.1 Å². The van der Waals surface area contributed by atoms with E-state index in [-0.39, 0.29) is 20.9 Å². The summed E-state index contributed by atoms with van der Waals surface area (Å²) in [7, 11) is 0. The highest BCUT2D eigenvalue weighted by Gasteiger charge is 2.54. The van der Waals surface area contributed by atoms with Gasteiger partial charge < -0.3 is 26.1 Å². The molecule has 3 atom stereocenters. The molecule has 2 aliphatic rings. The summed E-state index contributed by atoms with van der Waals surface area (Å²) < 4.78 is 0.00929. The highest BCUT2D eigenvalue weighted by atomic mass is 35.5. The molecule has 15 heteroatoms. The summed E-state index contributed by atoms with van der Waals surface area (Å²) in [5.74, 6) is -3.78. The van der Waals surface area contributed by atoms with Gasteiger partial charge in [-0.25, -0.2) is 14.6 Å². The molecule has 1 aromatic heterocycles. The van der Waals surface area contributed by atoms with Crippen LogP contribution in [0.5, 0.6) is 0 Å². The number of thiazole rings is 1. The molecule has 3 heterocycles. The van der Waals surface area contributed by atoms with E-state index in [2.05, 4.69) is 15.5 Å². The number of carbonyl (C=O) groups excluding carboxylic acids is 2. The first kappa shape index (κ1) is 25.5. The average Bonchev–Trinajstić information content (AvgIpc) is 3.12. The number of carboxylic acid groups (broad SMARTS) is 2. The Morgan fingerprint density at radius 2 is 2.15 bits per heavy atom. The van der Waals surface area contributed by atoms with Crippen LogP contribution in [0.1, 0.15) is 26.0 Å². The lowest BCUT2D eigenvalue weighted by molar-refractivity contribution is -0.150. The Hall–Kier alpha value is -3.10. The van der Waals surface area contributed by atoms with Gasteiger partial charge in [-0.15, -0.1) is 11.8 Å². The van der Waals surface area contributed by atoms with Crippen molar-refractivity contribution in [3.05, 3.63) is 33.5 Å². The van der Waals surface area contributed by atoms with Gasteiger partial charge in [-0.1, -0.05) is 47.2 Å². The number of halogens is 1. The van der Waals surface area contributed by atoms with Gasteiger partial charge >= 0.3 is 11.9 Å². The standard InChI is InChI=1S/C19H20ClN5O7S2/c1-3-4-5-8-6-33-16-11(15(27)25(16)12(8)18(30)31)22-14(26)10(24-32-7(2)17(28)29)9-13(20)34-19(21)23-9/h4-5,7,11,16H,3,6H2,1-2H3,(H2,21,23)(H,22,26)(H,28,29)(H,30,31)/b5-4+,24-10-/t7-,11+,16?/m0/s1. The molecule has 2 aliphatic heterocycles. The van der Waals surface area contributed by atoms with E-state index in [0.29, 0.717) is 17.7 Å². The summed E-state index contributed by atoms with van der Waals surface area (Å²) in [5.41, 5.74) is 5.38. The molecule has 182 valence electrons. The number of hydrogen-bond donors (Lipinski definition) is 4. The largest absolute Gasteiger partial charge is 0.478 e. The Morgan fingerprint density at radius 1 is 1.44 bits per heavy atom. The van der Waals surface area contributed by atoms with Gasteiger partial charge in [0, 0.05) is 5.75 Å². The Labute approximate surface area is 206 Å². The molecular formula is C19H20ClN5O7S2. The van der Waals surface area contributed by atoms with Crippen LogP contribution >= 0.6 is 34.7 Å². The van der Waals surface area contributed by atoms with Gasteiger partial charge in [0.2, 0.25) is 6.10 Å². The van der Waals surface area contributed by atoms with Gasteiger partial charge in [-0.05, 0) is 18.9 Å². The number of β-lactam (4-membered cyclic amide) rings is 1. The lowest BCUT2D eigenvalue weighted by atomic mass is 10.0. The van der Waals surface area contributed by atoms with Crippen LogP contribution in [0.2, 0.25) is 4.34 Å². The number of allylic oxidation sites excluding steroid dienone is 2. The van der Waals surface area contributed by atoms with E-state index in [1.165, 1.54) is 18.7 Å². The number of nitrogen functional groups attached to an aromatic ring is 1. The first-order chi connectivity index (χ1) is 16.1. The predicted molar refractivity (Wildman–Crippen MR) is 125 cm³/mol. The second-order valence-electron chi connectivity index (χ2n) is 7.05. The number of oxime groups is 1. The molecule has 2 amide bonds. The molecule has 1 saturated heterocycles. The zero-order valence-electron chi connectivity index (χ0n) is 17.9. The van der Waals surface area contributed by atoms with Gasteiger partial charge in [0.25, 0.3) is 11.8 Å². The number of nitrogens with zero attached hydrogens (tertiary/aromatic N) is 3. The number of fused-ring (bicyclic) bond motifs is 1. The van der Waals surface area contributed by atoms with E-state index in [1.54, 1.807) is 12.2 Å². The van der Waals surface area contributed by atoms with E-state index in [1.807, 2.05) is 6.92 Å². The molecule has 0 saturated carbocycles. The number of carbonyl (C=O) groups is 4. The SMILES string of the molecule is CC/C=C/C1=C(C(=O)O)N2C(=O)[C@@H](NC(=O)/C(=N\O[C@@H](C)C(=O)O)c3nc(N)sc3Cl)C2SC1. The minimum atomic E-state index is -1.38. The van der Waals surface area contributed by atoms with Crippen LogP contribution < -0.4 is 11.1 Å². The summed E-state index contributed by atoms with van der Waals surface area (Å²) in [6.07, 6.45) is 2.79. The maximum absolute atomic E-state index is 13.0. The lowest BCUT2D eigenvalue weighted by Crippen LogP contribution is -2.71. The van der Waals surface area contributed by atoms with Crippen molar-refractivity contribution < 1.29 is 34.2 Å². The smallest absolute Gasteiger partial charge is 0.352 e. The Balaban J connectivity index is 1.85. The maximum atomic E-state index is 13.0. The van der Waals surface area contributed by atoms with Crippen molar-refractivity contribution in [3.63, 3.8) is 0 Å². The second-order valence-corrected chi connectivity index (χ2v) is 9.79. The van der Waals surface area contributed by atoms with E-state index < -0.39 is 47.0 Å². The molecule has 0 aliphatic carbocycles. The van der Waals surface area contributed by atoms with Gasteiger partial charge in [-0.2, -0.15) is 0 Å². The maximum Gasteiger partial charge on any atom is 0.352 e. The number of aromatic nitrogens is 1. The van der Waals surface area contributed by atoms with E-state index in [0.717, 1.165) is 16.2 Å². The number of hydrogen-bond acceptors (Lipinski definition) is 10. The molecule has 0 radical (unpaired) electrons. The molecule has 34 heavy (non-hydrogen) atoms. The monoisotopic (exact) mass is 529 g/mol. The van der Waals surface area contributed by atoms with Crippen molar-refractivity contribution in [2.24, 2.45) is 5.16 Å². The fourth-order valence-corrected chi connectivity index (χ4v) is 5.32. The fraction of sp³-hybridized carbons (Fsp3) is 0.368. The topological polar surface area (TPSA) is 185 Å². The third-order valence-corrected chi connectivity index (χ3v) is 7.12. The lowest BCUT2D eigenvalue weighted by Gasteiger charge is -2.49. The zero-order chi connectivity index (χ0) is 25.2. The van der Waals surface area contributed by atoms with Gasteiger partial charge in [-0.3, -0.25) is 14.5 Å². The summed E-state index contributed by atoms with van der Waals surface area (Å²) in [6.45, 7) is 3.10. The van der Waals surface area contributed by atoms with Crippen LogP contribution in [-0.2, 0) is 24.0 Å².